The summed E-state index contributed by atoms with van der Waals surface area (Å²) >= 11 is 0. The molecule has 4 rings (SSSR count). The minimum atomic E-state index is -0.655. The number of fused-ring (bicyclic) bond motifs is 1. The zero-order chi connectivity index (χ0) is 15.3. The number of aliphatic hydroxyl groups excluding tert-OH is 1. The molecule has 0 bridgehead atoms. The van der Waals surface area contributed by atoms with Crippen molar-refractivity contribution >= 4 is 0 Å². The van der Waals surface area contributed by atoms with Crippen LogP contribution in [0.15, 0.2) is 30.6 Å². The quantitative estimate of drug-likeness (QED) is 0.914. The molecule has 1 aromatic heterocycles. The van der Waals surface area contributed by atoms with E-state index in [1.165, 1.54) is 12.1 Å². The van der Waals surface area contributed by atoms with E-state index in [0.29, 0.717) is 18.0 Å². The SMILES string of the molecule is O[C@@H]1CO[C@H]2[C@@H]1OC[C@@H]2n1ccnc1-c1cc(F)cc(F)c1. The lowest BCUT2D eigenvalue weighted by molar-refractivity contribution is 0.0172. The van der Waals surface area contributed by atoms with Gasteiger partial charge in [0.15, 0.2) is 0 Å². The van der Waals surface area contributed by atoms with Gasteiger partial charge >= 0.3 is 0 Å². The molecule has 0 amide bonds. The molecule has 5 nitrogen and oxygen atoms in total. The van der Waals surface area contributed by atoms with E-state index in [0.717, 1.165) is 6.07 Å². The van der Waals surface area contributed by atoms with E-state index in [4.69, 9.17) is 9.47 Å². The third kappa shape index (κ3) is 2.13. The van der Waals surface area contributed by atoms with E-state index in [1.54, 1.807) is 17.0 Å². The first kappa shape index (κ1) is 13.8. The van der Waals surface area contributed by atoms with Crippen LogP contribution in [0, 0.1) is 11.6 Å². The molecule has 0 saturated carbocycles. The van der Waals surface area contributed by atoms with Gasteiger partial charge in [0.25, 0.3) is 0 Å². The summed E-state index contributed by atoms with van der Waals surface area (Å²) in [6.45, 7) is 0.581. The van der Waals surface area contributed by atoms with Crippen LogP contribution in [0.25, 0.3) is 11.4 Å². The lowest BCUT2D eigenvalue weighted by Crippen LogP contribution is -2.30. The van der Waals surface area contributed by atoms with Crippen molar-refractivity contribution in [2.75, 3.05) is 13.2 Å². The highest BCUT2D eigenvalue weighted by Gasteiger charge is 2.48. The third-order valence-electron chi connectivity index (χ3n) is 4.15. The predicted molar refractivity (Wildman–Crippen MR) is 72.1 cm³/mol. The first-order valence-electron chi connectivity index (χ1n) is 7.04. The van der Waals surface area contributed by atoms with Gasteiger partial charge in [-0.1, -0.05) is 0 Å². The first-order chi connectivity index (χ1) is 10.6. The average Bonchev–Trinajstić information content (AvgIpc) is 3.15. The van der Waals surface area contributed by atoms with Gasteiger partial charge in [-0.25, -0.2) is 13.8 Å². The van der Waals surface area contributed by atoms with Crippen molar-refractivity contribution in [3.63, 3.8) is 0 Å². The van der Waals surface area contributed by atoms with E-state index >= 15 is 0 Å². The van der Waals surface area contributed by atoms with Crippen molar-refractivity contribution < 1.29 is 23.4 Å². The fourth-order valence-electron chi connectivity index (χ4n) is 3.18. The number of aromatic nitrogens is 2. The van der Waals surface area contributed by atoms with Crippen molar-refractivity contribution in [1.82, 2.24) is 9.55 Å². The van der Waals surface area contributed by atoms with Crippen molar-refractivity contribution in [3.8, 4) is 11.4 Å². The van der Waals surface area contributed by atoms with Gasteiger partial charge in [0.05, 0.1) is 19.3 Å². The van der Waals surface area contributed by atoms with Crippen LogP contribution in [-0.4, -0.2) is 46.2 Å². The molecule has 2 saturated heterocycles. The maximum atomic E-state index is 13.4. The Morgan fingerprint density at radius 1 is 1.09 bits per heavy atom. The molecular weight excluding hydrogens is 294 g/mol. The number of benzene rings is 1. The van der Waals surface area contributed by atoms with Crippen LogP contribution in [0.5, 0.6) is 0 Å². The molecular formula is C15H14F2N2O3. The minimum absolute atomic E-state index is 0.189. The molecule has 0 radical (unpaired) electrons. The number of imidazole rings is 1. The molecule has 0 unspecified atom stereocenters. The lowest BCUT2D eigenvalue weighted by Gasteiger charge is -2.19. The van der Waals surface area contributed by atoms with Crippen molar-refractivity contribution in [1.29, 1.82) is 0 Å². The molecule has 7 heteroatoms. The second-order valence-electron chi connectivity index (χ2n) is 5.55. The Labute approximate surface area is 125 Å². The Balaban J connectivity index is 1.71. The number of halogens is 2. The highest BCUT2D eigenvalue weighted by molar-refractivity contribution is 5.56. The Hall–Kier alpha value is -1.83. The Bertz CT molecular complexity index is 686. The van der Waals surface area contributed by atoms with Gasteiger partial charge in [-0.05, 0) is 12.1 Å². The van der Waals surface area contributed by atoms with Gasteiger partial charge in [-0.15, -0.1) is 0 Å². The Kier molecular flexibility index (Phi) is 3.21. The monoisotopic (exact) mass is 308 g/mol. The maximum absolute atomic E-state index is 13.4. The summed E-state index contributed by atoms with van der Waals surface area (Å²) in [4.78, 5) is 4.20. The molecule has 22 heavy (non-hydrogen) atoms. The van der Waals surface area contributed by atoms with Crippen LogP contribution in [0.1, 0.15) is 6.04 Å². The van der Waals surface area contributed by atoms with Gasteiger partial charge in [0.2, 0.25) is 0 Å². The van der Waals surface area contributed by atoms with E-state index < -0.39 is 17.7 Å². The number of aliphatic hydroxyl groups is 1. The second kappa shape index (κ2) is 5.12. The zero-order valence-corrected chi connectivity index (χ0v) is 11.5. The molecule has 1 N–H and O–H groups in total. The number of nitrogens with zero attached hydrogens (tertiary/aromatic N) is 2. The highest BCUT2D eigenvalue weighted by atomic mass is 19.1. The summed E-state index contributed by atoms with van der Waals surface area (Å²) in [6.07, 6.45) is 1.99. The summed E-state index contributed by atoms with van der Waals surface area (Å²) in [6, 6.07) is 3.10. The van der Waals surface area contributed by atoms with E-state index in [-0.39, 0.29) is 24.9 Å². The highest BCUT2D eigenvalue weighted by Crippen LogP contribution is 2.36. The van der Waals surface area contributed by atoms with Crippen molar-refractivity contribution in [3.05, 3.63) is 42.2 Å². The largest absolute Gasteiger partial charge is 0.388 e. The van der Waals surface area contributed by atoms with E-state index in [2.05, 4.69) is 4.98 Å². The fraction of sp³-hybridized carbons (Fsp3) is 0.400. The number of ether oxygens (including phenoxy) is 2. The Morgan fingerprint density at radius 2 is 1.82 bits per heavy atom. The van der Waals surface area contributed by atoms with Gasteiger partial charge in [0, 0.05) is 24.0 Å². The predicted octanol–water partition coefficient (Wildman–Crippen LogP) is 1.53. The summed E-state index contributed by atoms with van der Waals surface area (Å²) in [5.41, 5.74) is 0.351. The molecule has 0 spiro atoms. The smallest absolute Gasteiger partial charge is 0.140 e. The lowest BCUT2D eigenvalue weighted by atomic mass is 10.1. The number of hydrogen-bond acceptors (Lipinski definition) is 4. The van der Waals surface area contributed by atoms with Crippen LogP contribution in [0.4, 0.5) is 8.78 Å². The van der Waals surface area contributed by atoms with Crippen LogP contribution in [0.3, 0.4) is 0 Å². The molecule has 2 aromatic rings. The fourth-order valence-corrected chi connectivity index (χ4v) is 3.18. The normalized spacial score (nSPS) is 30.7. The van der Waals surface area contributed by atoms with Crippen molar-refractivity contribution in [2.24, 2.45) is 0 Å². The topological polar surface area (TPSA) is 56.5 Å². The molecule has 2 aliphatic heterocycles. The van der Waals surface area contributed by atoms with Crippen LogP contribution in [0.2, 0.25) is 0 Å². The van der Waals surface area contributed by atoms with E-state index in [9.17, 15) is 13.9 Å². The molecule has 2 aliphatic rings. The molecule has 0 aliphatic carbocycles. The molecule has 116 valence electrons. The molecule has 3 heterocycles. The summed E-state index contributed by atoms with van der Waals surface area (Å²) in [5.74, 6) is -0.868. The van der Waals surface area contributed by atoms with Crippen LogP contribution >= 0.6 is 0 Å². The van der Waals surface area contributed by atoms with Gasteiger partial charge in [-0.3, -0.25) is 0 Å². The third-order valence-corrected chi connectivity index (χ3v) is 4.15. The summed E-state index contributed by atoms with van der Waals surface area (Å²) < 4.78 is 39.8. The zero-order valence-electron chi connectivity index (χ0n) is 11.5. The van der Waals surface area contributed by atoms with Gasteiger partial charge in [0.1, 0.15) is 35.8 Å². The molecule has 2 fully saturated rings. The number of hydrogen-bond donors (Lipinski definition) is 1. The summed E-state index contributed by atoms with van der Waals surface area (Å²) in [5, 5.41) is 9.80. The Morgan fingerprint density at radius 3 is 2.59 bits per heavy atom. The number of rotatable bonds is 2. The van der Waals surface area contributed by atoms with Gasteiger partial charge < -0.3 is 19.1 Å². The molecule has 4 atom stereocenters. The standard InChI is InChI=1S/C15H14F2N2O3/c16-9-3-8(4-10(17)5-9)15-18-1-2-19(15)11-6-21-14-12(20)7-22-13(11)14/h1-5,11-14,20H,6-7H2/t11-,12+,13+,14+/m0/s1. The van der Waals surface area contributed by atoms with E-state index in [1.807, 2.05) is 0 Å². The van der Waals surface area contributed by atoms with Crippen LogP contribution < -0.4 is 0 Å². The average molecular weight is 308 g/mol. The second-order valence-corrected chi connectivity index (χ2v) is 5.55. The molecule has 1 aromatic carbocycles. The summed E-state index contributed by atoms with van der Waals surface area (Å²) in [7, 11) is 0. The maximum Gasteiger partial charge on any atom is 0.140 e. The van der Waals surface area contributed by atoms with Crippen LogP contribution in [-0.2, 0) is 9.47 Å². The van der Waals surface area contributed by atoms with Crippen molar-refractivity contribution in [2.45, 2.75) is 24.4 Å². The van der Waals surface area contributed by atoms with Gasteiger partial charge in [-0.2, -0.15) is 0 Å². The minimum Gasteiger partial charge on any atom is -0.388 e. The first-order valence-corrected chi connectivity index (χ1v) is 7.04.